The molecule has 2 N–H and O–H groups in total. The molecule has 4 heteroatoms. The minimum absolute atomic E-state index is 0.0727. The number of aryl methyl sites for hydroxylation is 1. The summed E-state index contributed by atoms with van der Waals surface area (Å²) < 4.78 is 3.00. The van der Waals surface area contributed by atoms with Crippen molar-refractivity contribution in [2.75, 3.05) is 0 Å². The van der Waals surface area contributed by atoms with Crippen LogP contribution in [-0.2, 0) is 12.0 Å². The first-order valence-electron chi connectivity index (χ1n) is 7.63. The second-order valence-electron chi connectivity index (χ2n) is 5.40. The van der Waals surface area contributed by atoms with Gasteiger partial charge in [-0.1, -0.05) is 44.2 Å². The standard InChI is InChI=1S/C17H24BrN3/c1-4-17(5-2,13-10-8-7-9-11-13)16(19)15-14(18)12-20-21(15)6-3/h7-12,16H,4-6,19H2,1-3H3. The third-order valence-electron chi connectivity index (χ3n) is 4.63. The number of nitrogens with zero attached hydrogens (tertiary/aromatic N) is 2. The molecule has 21 heavy (non-hydrogen) atoms. The maximum Gasteiger partial charge on any atom is 0.0702 e. The Hall–Kier alpha value is -1.13. The molecular weight excluding hydrogens is 326 g/mol. The van der Waals surface area contributed by atoms with Gasteiger partial charge in [0.1, 0.15) is 0 Å². The van der Waals surface area contributed by atoms with Gasteiger partial charge in [-0.2, -0.15) is 5.10 Å². The Morgan fingerprint density at radius 2 is 1.81 bits per heavy atom. The van der Waals surface area contributed by atoms with Gasteiger partial charge in [-0.3, -0.25) is 4.68 Å². The van der Waals surface area contributed by atoms with Crippen molar-refractivity contribution in [2.24, 2.45) is 5.73 Å². The highest BCUT2D eigenvalue weighted by Crippen LogP contribution is 2.43. The van der Waals surface area contributed by atoms with E-state index in [1.165, 1.54) is 5.56 Å². The molecule has 1 aromatic carbocycles. The first kappa shape index (κ1) is 16.2. The fourth-order valence-corrected chi connectivity index (χ4v) is 3.79. The molecule has 114 valence electrons. The number of benzene rings is 1. The number of aromatic nitrogens is 2. The van der Waals surface area contributed by atoms with Crippen molar-refractivity contribution < 1.29 is 0 Å². The minimum atomic E-state index is -0.0910. The Morgan fingerprint density at radius 3 is 2.33 bits per heavy atom. The molecule has 0 aliphatic carbocycles. The van der Waals surface area contributed by atoms with Gasteiger partial charge >= 0.3 is 0 Å². The molecule has 0 saturated heterocycles. The fraction of sp³-hybridized carbons (Fsp3) is 0.471. The summed E-state index contributed by atoms with van der Waals surface area (Å²) in [5.74, 6) is 0. The minimum Gasteiger partial charge on any atom is -0.322 e. The smallest absolute Gasteiger partial charge is 0.0702 e. The molecule has 3 nitrogen and oxygen atoms in total. The monoisotopic (exact) mass is 349 g/mol. The van der Waals surface area contributed by atoms with Crippen molar-refractivity contribution in [3.63, 3.8) is 0 Å². The van der Waals surface area contributed by atoms with Gasteiger partial charge in [-0.25, -0.2) is 0 Å². The molecule has 0 radical (unpaired) electrons. The Balaban J connectivity index is 2.54. The normalized spacial score (nSPS) is 13.4. The third kappa shape index (κ3) is 2.79. The Labute approximate surface area is 135 Å². The maximum atomic E-state index is 6.76. The van der Waals surface area contributed by atoms with E-state index >= 15 is 0 Å². The summed E-state index contributed by atoms with van der Waals surface area (Å²) in [6, 6.07) is 10.5. The summed E-state index contributed by atoms with van der Waals surface area (Å²) in [5.41, 5.74) is 9.08. The van der Waals surface area contributed by atoms with Crippen LogP contribution in [0.3, 0.4) is 0 Å². The van der Waals surface area contributed by atoms with Crippen LogP contribution in [0.4, 0.5) is 0 Å². The molecule has 1 unspecified atom stereocenters. The van der Waals surface area contributed by atoms with Gasteiger partial charge in [0.15, 0.2) is 0 Å². The van der Waals surface area contributed by atoms with Crippen LogP contribution in [0.1, 0.15) is 50.9 Å². The largest absolute Gasteiger partial charge is 0.322 e. The van der Waals surface area contributed by atoms with Gasteiger partial charge in [0.25, 0.3) is 0 Å². The summed E-state index contributed by atoms with van der Waals surface area (Å²) in [5, 5.41) is 4.42. The van der Waals surface area contributed by atoms with Gasteiger partial charge in [-0.05, 0) is 41.3 Å². The number of rotatable bonds is 6. The molecule has 1 heterocycles. The van der Waals surface area contributed by atoms with Crippen LogP contribution in [0.5, 0.6) is 0 Å². The molecule has 0 bridgehead atoms. The summed E-state index contributed by atoms with van der Waals surface area (Å²) in [4.78, 5) is 0. The van der Waals surface area contributed by atoms with E-state index in [1.807, 2.05) is 10.9 Å². The van der Waals surface area contributed by atoms with E-state index in [0.717, 1.165) is 29.6 Å². The molecule has 0 aliphatic rings. The highest BCUT2D eigenvalue weighted by atomic mass is 79.9. The highest BCUT2D eigenvalue weighted by molar-refractivity contribution is 9.10. The second kappa shape index (κ2) is 6.75. The van der Waals surface area contributed by atoms with Crippen molar-refractivity contribution in [3.05, 3.63) is 52.3 Å². The zero-order valence-electron chi connectivity index (χ0n) is 13.0. The molecular formula is C17H24BrN3. The lowest BCUT2D eigenvalue weighted by Gasteiger charge is -2.38. The second-order valence-corrected chi connectivity index (χ2v) is 6.25. The summed E-state index contributed by atoms with van der Waals surface area (Å²) in [7, 11) is 0. The van der Waals surface area contributed by atoms with Crippen LogP contribution >= 0.6 is 15.9 Å². The zero-order chi connectivity index (χ0) is 15.5. The van der Waals surface area contributed by atoms with Gasteiger partial charge in [0.2, 0.25) is 0 Å². The number of nitrogens with two attached hydrogens (primary N) is 1. The van der Waals surface area contributed by atoms with Crippen LogP contribution in [0.25, 0.3) is 0 Å². The van der Waals surface area contributed by atoms with Crippen molar-refractivity contribution >= 4 is 15.9 Å². The van der Waals surface area contributed by atoms with Gasteiger partial charge in [0, 0.05) is 12.0 Å². The molecule has 1 aromatic heterocycles. The highest BCUT2D eigenvalue weighted by Gasteiger charge is 2.38. The molecule has 1 atom stereocenters. The molecule has 2 aromatic rings. The van der Waals surface area contributed by atoms with Crippen LogP contribution in [0.15, 0.2) is 41.0 Å². The zero-order valence-corrected chi connectivity index (χ0v) is 14.6. The van der Waals surface area contributed by atoms with E-state index in [0.29, 0.717) is 0 Å². The average molecular weight is 350 g/mol. The number of hydrogen-bond donors (Lipinski definition) is 1. The van der Waals surface area contributed by atoms with E-state index < -0.39 is 0 Å². The summed E-state index contributed by atoms with van der Waals surface area (Å²) >= 11 is 3.62. The SMILES string of the molecule is CCn1ncc(Br)c1C(N)C(CC)(CC)c1ccccc1. The molecule has 2 rings (SSSR count). The predicted octanol–water partition coefficient (Wildman–Crippen LogP) is 4.42. The summed E-state index contributed by atoms with van der Waals surface area (Å²) in [6.45, 7) is 7.36. The molecule has 0 amide bonds. The topological polar surface area (TPSA) is 43.8 Å². The van der Waals surface area contributed by atoms with Crippen molar-refractivity contribution in [1.29, 1.82) is 0 Å². The first-order valence-corrected chi connectivity index (χ1v) is 8.42. The lowest BCUT2D eigenvalue weighted by molar-refractivity contribution is 0.307. The van der Waals surface area contributed by atoms with Crippen molar-refractivity contribution in [1.82, 2.24) is 9.78 Å². The van der Waals surface area contributed by atoms with Gasteiger partial charge in [0.05, 0.1) is 22.4 Å². The quantitative estimate of drug-likeness (QED) is 0.838. The Bertz CT molecular complexity index is 573. The van der Waals surface area contributed by atoms with E-state index in [-0.39, 0.29) is 11.5 Å². The van der Waals surface area contributed by atoms with E-state index in [2.05, 4.69) is 72.1 Å². The average Bonchev–Trinajstić information content (AvgIpc) is 2.90. The van der Waals surface area contributed by atoms with Crippen LogP contribution in [-0.4, -0.2) is 9.78 Å². The number of hydrogen-bond acceptors (Lipinski definition) is 2. The summed E-state index contributed by atoms with van der Waals surface area (Å²) in [6.07, 6.45) is 3.84. The van der Waals surface area contributed by atoms with E-state index in [4.69, 9.17) is 5.73 Å². The molecule has 0 aliphatic heterocycles. The number of halogens is 1. The predicted molar refractivity (Wildman–Crippen MR) is 91.2 cm³/mol. The third-order valence-corrected chi connectivity index (χ3v) is 5.24. The van der Waals surface area contributed by atoms with Gasteiger partial charge < -0.3 is 5.73 Å². The Kier molecular flexibility index (Phi) is 5.22. The lowest BCUT2D eigenvalue weighted by Crippen LogP contribution is -2.39. The van der Waals surface area contributed by atoms with E-state index in [1.54, 1.807) is 0 Å². The maximum absolute atomic E-state index is 6.76. The lowest BCUT2D eigenvalue weighted by atomic mass is 9.69. The first-order chi connectivity index (χ1) is 10.1. The van der Waals surface area contributed by atoms with Crippen LogP contribution in [0, 0.1) is 0 Å². The molecule has 0 spiro atoms. The van der Waals surface area contributed by atoms with Crippen LogP contribution in [0.2, 0.25) is 0 Å². The van der Waals surface area contributed by atoms with Gasteiger partial charge in [-0.15, -0.1) is 0 Å². The fourth-order valence-electron chi connectivity index (χ4n) is 3.24. The van der Waals surface area contributed by atoms with E-state index in [9.17, 15) is 0 Å². The molecule has 0 saturated carbocycles. The van der Waals surface area contributed by atoms with Crippen LogP contribution < -0.4 is 5.73 Å². The van der Waals surface area contributed by atoms with Crippen molar-refractivity contribution in [2.45, 2.75) is 51.6 Å². The Morgan fingerprint density at radius 1 is 1.19 bits per heavy atom. The van der Waals surface area contributed by atoms with Crippen molar-refractivity contribution in [3.8, 4) is 0 Å². The molecule has 0 fully saturated rings.